The Bertz CT molecular complexity index is 749. The molecule has 3 heteroatoms. The van der Waals surface area contributed by atoms with Crippen molar-refractivity contribution >= 4 is 17.0 Å². The second-order valence-corrected chi connectivity index (χ2v) is 6.25. The maximum absolute atomic E-state index is 4.57. The highest BCUT2D eigenvalue weighted by Gasteiger charge is 2.24. The zero-order chi connectivity index (χ0) is 14.1. The van der Waals surface area contributed by atoms with Crippen molar-refractivity contribution in [3.63, 3.8) is 0 Å². The number of aromatic nitrogens is 1. The van der Waals surface area contributed by atoms with E-state index in [1.54, 1.807) is 11.3 Å². The van der Waals surface area contributed by atoms with Crippen molar-refractivity contribution in [1.29, 1.82) is 0 Å². The molecule has 0 saturated heterocycles. The Morgan fingerprint density at radius 3 is 2.90 bits per heavy atom. The summed E-state index contributed by atoms with van der Waals surface area (Å²) in [5.74, 6) is 0. The lowest BCUT2D eigenvalue weighted by Gasteiger charge is -2.17. The van der Waals surface area contributed by atoms with E-state index in [2.05, 4.69) is 58.1 Å². The average molecular weight is 292 g/mol. The Balaban J connectivity index is 1.67. The van der Waals surface area contributed by atoms with Crippen LogP contribution in [0, 0.1) is 0 Å². The number of aryl methyl sites for hydroxylation is 1. The van der Waals surface area contributed by atoms with Crippen LogP contribution in [0.2, 0.25) is 0 Å². The van der Waals surface area contributed by atoms with E-state index in [0.717, 1.165) is 12.8 Å². The first-order valence-corrected chi connectivity index (χ1v) is 8.13. The van der Waals surface area contributed by atoms with Crippen molar-refractivity contribution in [2.75, 3.05) is 5.32 Å². The van der Waals surface area contributed by atoms with Gasteiger partial charge in [-0.05, 0) is 42.0 Å². The lowest BCUT2D eigenvalue weighted by atomic mass is 10.1. The minimum absolute atomic E-state index is 0.322. The molecular weight excluding hydrogens is 276 g/mol. The van der Waals surface area contributed by atoms with Crippen molar-refractivity contribution in [2.45, 2.75) is 18.9 Å². The highest BCUT2D eigenvalue weighted by atomic mass is 32.1. The van der Waals surface area contributed by atoms with Gasteiger partial charge in [0.05, 0.1) is 11.7 Å². The van der Waals surface area contributed by atoms with E-state index in [4.69, 9.17) is 0 Å². The third-order valence-electron chi connectivity index (χ3n) is 4.00. The van der Waals surface area contributed by atoms with Crippen LogP contribution in [0.15, 0.2) is 60.1 Å². The normalized spacial score (nSPS) is 16.7. The maximum Gasteiger partial charge on any atom is 0.0691 e. The van der Waals surface area contributed by atoms with Crippen LogP contribution in [0.1, 0.15) is 23.7 Å². The van der Waals surface area contributed by atoms with Crippen LogP contribution in [0.25, 0.3) is 10.4 Å². The molecule has 2 aromatic heterocycles. The fourth-order valence-corrected chi connectivity index (χ4v) is 3.76. The summed E-state index contributed by atoms with van der Waals surface area (Å²) in [5, 5.41) is 5.82. The Labute approximate surface area is 128 Å². The van der Waals surface area contributed by atoms with Gasteiger partial charge in [-0.2, -0.15) is 0 Å². The van der Waals surface area contributed by atoms with Gasteiger partial charge in [0.1, 0.15) is 0 Å². The summed E-state index contributed by atoms with van der Waals surface area (Å²) in [7, 11) is 0. The van der Waals surface area contributed by atoms with E-state index in [9.17, 15) is 0 Å². The summed E-state index contributed by atoms with van der Waals surface area (Å²) in [6, 6.07) is 17.3. The van der Waals surface area contributed by atoms with Gasteiger partial charge in [0.2, 0.25) is 0 Å². The number of nitrogens with zero attached hydrogens (tertiary/aromatic N) is 1. The first-order chi connectivity index (χ1) is 10.4. The molecule has 21 heavy (non-hydrogen) atoms. The van der Waals surface area contributed by atoms with Gasteiger partial charge in [-0.3, -0.25) is 4.98 Å². The van der Waals surface area contributed by atoms with E-state index >= 15 is 0 Å². The zero-order valence-electron chi connectivity index (χ0n) is 11.6. The van der Waals surface area contributed by atoms with Crippen LogP contribution in [0.5, 0.6) is 0 Å². The molecule has 0 radical (unpaired) electrons. The first kappa shape index (κ1) is 12.6. The quantitative estimate of drug-likeness (QED) is 0.742. The highest BCUT2D eigenvalue weighted by molar-refractivity contribution is 7.13. The third-order valence-corrected chi connectivity index (χ3v) is 4.91. The number of fused-ring (bicyclic) bond motifs is 1. The predicted molar refractivity (Wildman–Crippen MR) is 88.7 cm³/mol. The number of hydrogen-bond acceptors (Lipinski definition) is 3. The van der Waals surface area contributed by atoms with Crippen LogP contribution >= 0.6 is 11.3 Å². The number of nitrogens with one attached hydrogen (secondary N) is 1. The number of rotatable bonds is 3. The summed E-state index contributed by atoms with van der Waals surface area (Å²) in [4.78, 5) is 5.87. The SMILES string of the molecule is c1csc(-c2ccccc2NC2CCc3cccnc32)c1. The minimum atomic E-state index is 0.322. The number of anilines is 1. The lowest BCUT2D eigenvalue weighted by molar-refractivity contribution is 0.746. The Hall–Kier alpha value is -2.13. The molecule has 2 heterocycles. The van der Waals surface area contributed by atoms with Crippen LogP contribution in [-0.2, 0) is 6.42 Å². The minimum Gasteiger partial charge on any atom is -0.376 e. The number of para-hydroxylation sites is 1. The van der Waals surface area contributed by atoms with Crippen molar-refractivity contribution in [3.8, 4) is 10.4 Å². The fraction of sp³-hybridized carbons (Fsp3) is 0.167. The Morgan fingerprint density at radius 2 is 2.00 bits per heavy atom. The molecule has 1 N–H and O–H groups in total. The average Bonchev–Trinajstić information content (AvgIpc) is 3.18. The standard InChI is InChI=1S/C18H16N2S/c1-2-7-15(14(6-1)17-8-4-12-21-17)20-16-10-9-13-5-3-11-19-18(13)16/h1-8,11-12,16,20H,9-10H2. The summed E-state index contributed by atoms with van der Waals surface area (Å²) in [6.45, 7) is 0. The monoisotopic (exact) mass is 292 g/mol. The molecule has 0 amide bonds. The summed E-state index contributed by atoms with van der Waals surface area (Å²) < 4.78 is 0. The van der Waals surface area contributed by atoms with Crippen molar-refractivity contribution in [2.24, 2.45) is 0 Å². The van der Waals surface area contributed by atoms with Crippen molar-refractivity contribution < 1.29 is 0 Å². The van der Waals surface area contributed by atoms with Gasteiger partial charge in [-0.15, -0.1) is 11.3 Å². The number of thiophene rings is 1. The van der Waals surface area contributed by atoms with E-state index in [0.29, 0.717) is 6.04 Å². The zero-order valence-corrected chi connectivity index (χ0v) is 12.4. The largest absolute Gasteiger partial charge is 0.376 e. The molecular formula is C18H16N2S. The van der Waals surface area contributed by atoms with Gasteiger partial charge in [-0.25, -0.2) is 0 Å². The molecule has 1 aromatic carbocycles. The highest BCUT2D eigenvalue weighted by Crippen LogP contribution is 2.37. The molecule has 1 unspecified atom stereocenters. The molecule has 4 rings (SSSR count). The Morgan fingerprint density at radius 1 is 1.05 bits per heavy atom. The van der Waals surface area contributed by atoms with Gasteiger partial charge in [0.15, 0.2) is 0 Å². The van der Waals surface area contributed by atoms with Crippen LogP contribution in [0.4, 0.5) is 5.69 Å². The number of pyridine rings is 1. The molecule has 1 aliphatic carbocycles. The van der Waals surface area contributed by atoms with Crippen molar-refractivity contribution in [3.05, 3.63) is 71.4 Å². The van der Waals surface area contributed by atoms with Crippen LogP contribution in [0.3, 0.4) is 0 Å². The number of benzene rings is 1. The molecule has 3 aromatic rings. The van der Waals surface area contributed by atoms with Gasteiger partial charge in [0.25, 0.3) is 0 Å². The smallest absolute Gasteiger partial charge is 0.0691 e. The summed E-state index contributed by atoms with van der Waals surface area (Å²) >= 11 is 1.78. The summed E-state index contributed by atoms with van der Waals surface area (Å²) in [6.07, 6.45) is 4.12. The molecule has 0 spiro atoms. The lowest BCUT2D eigenvalue weighted by Crippen LogP contribution is -2.09. The molecule has 0 saturated carbocycles. The van der Waals surface area contributed by atoms with Gasteiger partial charge in [-0.1, -0.05) is 30.3 Å². The summed E-state index contributed by atoms with van der Waals surface area (Å²) in [5.41, 5.74) is 5.06. The van der Waals surface area contributed by atoms with Gasteiger partial charge < -0.3 is 5.32 Å². The first-order valence-electron chi connectivity index (χ1n) is 7.25. The van der Waals surface area contributed by atoms with E-state index in [1.165, 1.54) is 27.4 Å². The maximum atomic E-state index is 4.57. The fourth-order valence-electron chi connectivity index (χ4n) is 3.00. The third kappa shape index (κ3) is 2.34. The van der Waals surface area contributed by atoms with E-state index in [-0.39, 0.29) is 0 Å². The molecule has 2 nitrogen and oxygen atoms in total. The van der Waals surface area contributed by atoms with Crippen LogP contribution < -0.4 is 5.32 Å². The second-order valence-electron chi connectivity index (χ2n) is 5.31. The van der Waals surface area contributed by atoms with Gasteiger partial charge >= 0.3 is 0 Å². The molecule has 0 aliphatic heterocycles. The molecule has 1 atom stereocenters. The van der Waals surface area contributed by atoms with E-state index in [1.807, 2.05) is 12.3 Å². The number of hydrogen-bond donors (Lipinski definition) is 1. The molecule has 104 valence electrons. The molecule has 0 fully saturated rings. The predicted octanol–water partition coefficient (Wildman–Crippen LogP) is 4.91. The van der Waals surface area contributed by atoms with Crippen LogP contribution in [-0.4, -0.2) is 4.98 Å². The molecule has 0 bridgehead atoms. The molecule has 1 aliphatic rings. The Kier molecular flexibility index (Phi) is 3.20. The van der Waals surface area contributed by atoms with E-state index < -0.39 is 0 Å². The van der Waals surface area contributed by atoms with Gasteiger partial charge in [0, 0.05) is 22.3 Å². The second kappa shape index (κ2) is 5.34. The topological polar surface area (TPSA) is 24.9 Å². The van der Waals surface area contributed by atoms with Crippen molar-refractivity contribution in [1.82, 2.24) is 4.98 Å².